The van der Waals surface area contributed by atoms with E-state index in [0.717, 1.165) is 10.4 Å². The van der Waals surface area contributed by atoms with Crippen LogP contribution in [0, 0.1) is 0 Å². The zero-order valence-corrected chi connectivity index (χ0v) is 15.8. The summed E-state index contributed by atoms with van der Waals surface area (Å²) in [6.07, 6.45) is 2.67. The predicted molar refractivity (Wildman–Crippen MR) is 110 cm³/mol. The molecule has 0 aliphatic heterocycles. The molecule has 0 spiro atoms. The average molecular weight is 394 g/mol. The van der Waals surface area contributed by atoms with Crippen LogP contribution >= 0.6 is 11.3 Å². The normalized spacial score (nSPS) is 10.6. The van der Waals surface area contributed by atoms with Gasteiger partial charge in [-0.15, -0.1) is 11.3 Å². The quantitative estimate of drug-likeness (QED) is 0.332. The molecule has 0 fully saturated rings. The molecule has 3 rings (SSSR count). The number of para-hydroxylation sites is 1. The van der Waals surface area contributed by atoms with Gasteiger partial charge in [-0.25, -0.2) is 5.48 Å². The molecule has 142 valence electrons. The molecule has 0 atom stereocenters. The molecule has 0 aliphatic rings. The van der Waals surface area contributed by atoms with Gasteiger partial charge in [-0.3, -0.25) is 14.8 Å². The molecule has 1 heterocycles. The fraction of sp³-hybridized carbons (Fsp3) is 0.0476. The van der Waals surface area contributed by atoms with Crippen LogP contribution in [0.2, 0.25) is 0 Å². The van der Waals surface area contributed by atoms with E-state index in [2.05, 4.69) is 5.32 Å². The summed E-state index contributed by atoms with van der Waals surface area (Å²) < 4.78 is 5.38. The Hall–Kier alpha value is -3.42. The maximum atomic E-state index is 12.9. The summed E-state index contributed by atoms with van der Waals surface area (Å²) in [5.41, 5.74) is 3.69. The van der Waals surface area contributed by atoms with Crippen molar-refractivity contribution in [2.75, 3.05) is 12.4 Å². The molecule has 3 N–H and O–H groups in total. The van der Waals surface area contributed by atoms with E-state index in [1.165, 1.54) is 36.1 Å². The first kappa shape index (κ1) is 19.3. The molecule has 0 unspecified atom stereocenters. The Morgan fingerprint density at radius 1 is 1.07 bits per heavy atom. The van der Waals surface area contributed by atoms with Crippen molar-refractivity contribution in [2.24, 2.45) is 0 Å². The molecule has 0 saturated carbocycles. The summed E-state index contributed by atoms with van der Waals surface area (Å²) in [5, 5.41) is 11.5. The number of carbonyl (C=O) groups is 2. The first-order valence-electron chi connectivity index (χ1n) is 8.38. The van der Waals surface area contributed by atoms with Gasteiger partial charge in [-0.05, 0) is 29.3 Å². The monoisotopic (exact) mass is 394 g/mol. The number of benzene rings is 2. The lowest BCUT2D eigenvalue weighted by Crippen LogP contribution is -2.15. The zero-order valence-electron chi connectivity index (χ0n) is 15.0. The van der Waals surface area contributed by atoms with Crippen molar-refractivity contribution in [1.82, 2.24) is 5.48 Å². The smallest absolute Gasteiger partial charge is 0.269 e. The molecule has 0 saturated heterocycles. The van der Waals surface area contributed by atoms with E-state index in [0.29, 0.717) is 21.9 Å². The second-order valence-corrected chi connectivity index (χ2v) is 6.78. The molecule has 28 heavy (non-hydrogen) atoms. The van der Waals surface area contributed by atoms with Crippen molar-refractivity contribution in [3.05, 3.63) is 77.2 Å². The summed E-state index contributed by atoms with van der Waals surface area (Å²) in [6.45, 7) is 0. The van der Waals surface area contributed by atoms with Crippen molar-refractivity contribution < 1.29 is 19.5 Å². The topological polar surface area (TPSA) is 87.7 Å². The van der Waals surface area contributed by atoms with Crippen LogP contribution in [0.3, 0.4) is 0 Å². The van der Waals surface area contributed by atoms with E-state index in [-0.39, 0.29) is 5.91 Å². The van der Waals surface area contributed by atoms with Gasteiger partial charge in [0.25, 0.3) is 11.8 Å². The first-order chi connectivity index (χ1) is 13.6. The van der Waals surface area contributed by atoms with Crippen molar-refractivity contribution in [3.8, 4) is 16.2 Å². The Bertz CT molecular complexity index is 1010. The highest BCUT2D eigenvalue weighted by atomic mass is 32.1. The number of thiophene rings is 1. The van der Waals surface area contributed by atoms with Crippen molar-refractivity contribution in [3.63, 3.8) is 0 Å². The van der Waals surface area contributed by atoms with Gasteiger partial charge < -0.3 is 10.1 Å². The van der Waals surface area contributed by atoms with E-state index >= 15 is 0 Å². The highest BCUT2D eigenvalue weighted by Crippen LogP contribution is 2.36. The lowest BCUT2D eigenvalue weighted by Gasteiger charge is -2.08. The Kier molecular flexibility index (Phi) is 6.21. The average Bonchev–Trinajstić information content (AvgIpc) is 3.18. The van der Waals surface area contributed by atoms with Gasteiger partial charge in [-0.1, -0.05) is 48.5 Å². The SMILES string of the molecule is COc1cc(-c2ccccc2)sc1C(=O)Nc1ccccc1/C=C/C(=O)NO. The largest absolute Gasteiger partial charge is 0.495 e. The highest BCUT2D eigenvalue weighted by molar-refractivity contribution is 7.17. The zero-order chi connectivity index (χ0) is 19.9. The van der Waals surface area contributed by atoms with Gasteiger partial charge >= 0.3 is 0 Å². The van der Waals surface area contributed by atoms with Crippen LogP contribution in [-0.4, -0.2) is 24.1 Å². The standard InChI is InChI=1S/C21H18N2O4S/c1-27-17-13-18(15-8-3-2-4-9-15)28-20(17)21(25)22-16-10-6-5-7-14(16)11-12-19(24)23-26/h2-13,26H,1H3,(H,22,25)(H,23,24)/b12-11+. The van der Waals surface area contributed by atoms with Crippen LogP contribution in [0.5, 0.6) is 5.75 Å². The molecular formula is C21H18N2O4S. The van der Waals surface area contributed by atoms with Gasteiger partial charge in [0, 0.05) is 16.6 Å². The fourth-order valence-corrected chi connectivity index (χ4v) is 3.59. The Labute approximate surface area is 166 Å². The second kappa shape index (κ2) is 8.98. The number of nitrogens with one attached hydrogen (secondary N) is 2. The number of hydroxylamine groups is 1. The second-order valence-electron chi connectivity index (χ2n) is 5.72. The van der Waals surface area contributed by atoms with Gasteiger partial charge in [0.1, 0.15) is 10.6 Å². The number of carbonyl (C=O) groups excluding carboxylic acids is 2. The lowest BCUT2D eigenvalue weighted by molar-refractivity contribution is -0.124. The van der Waals surface area contributed by atoms with Gasteiger partial charge in [0.15, 0.2) is 0 Å². The maximum absolute atomic E-state index is 12.9. The number of anilines is 1. The maximum Gasteiger partial charge on any atom is 0.269 e. The molecular weight excluding hydrogens is 376 g/mol. The van der Waals surface area contributed by atoms with Crippen LogP contribution in [0.15, 0.2) is 66.7 Å². The van der Waals surface area contributed by atoms with E-state index in [1.807, 2.05) is 36.4 Å². The van der Waals surface area contributed by atoms with Crippen molar-refractivity contribution in [2.45, 2.75) is 0 Å². The van der Waals surface area contributed by atoms with Gasteiger partial charge in [-0.2, -0.15) is 0 Å². The van der Waals surface area contributed by atoms with Crippen LogP contribution in [0.4, 0.5) is 5.69 Å². The third kappa shape index (κ3) is 4.46. The van der Waals surface area contributed by atoms with E-state index < -0.39 is 5.91 Å². The van der Waals surface area contributed by atoms with Crippen LogP contribution in [0.1, 0.15) is 15.2 Å². The highest BCUT2D eigenvalue weighted by Gasteiger charge is 2.18. The Balaban J connectivity index is 1.87. The van der Waals surface area contributed by atoms with Gasteiger partial charge in [0.05, 0.1) is 7.11 Å². The summed E-state index contributed by atoms with van der Waals surface area (Å²) in [6, 6.07) is 18.6. The van der Waals surface area contributed by atoms with Crippen LogP contribution in [0.25, 0.3) is 16.5 Å². The van der Waals surface area contributed by atoms with E-state index in [4.69, 9.17) is 9.94 Å². The third-order valence-electron chi connectivity index (χ3n) is 3.92. The number of rotatable bonds is 6. The van der Waals surface area contributed by atoms with E-state index in [1.54, 1.807) is 24.3 Å². The molecule has 0 radical (unpaired) electrons. The minimum absolute atomic E-state index is 0.309. The Morgan fingerprint density at radius 3 is 2.50 bits per heavy atom. The fourth-order valence-electron chi connectivity index (χ4n) is 2.57. The number of ether oxygens (including phenoxy) is 1. The minimum atomic E-state index is -0.659. The van der Waals surface area contributed by atoms with Gasteiger partial charge in [0.2, 0.25) is 0 Å². The summed E-state index contributed by atoms with van der Waals surface area (Å²) in [7, 11) is 1.53. The number of hydrogen-bond donors (Lipinski definition) is 3. The lowest BCUT2D eigenvalue weighted by atomic mass is 10.1. The number of methoxy groups -OCH3 is 1. The number of hydrogen-bond acceptors (Lipinski definition) is 5. The number of amides is 2. The molecule has 3 aromatic rings. The summed E-state index contributed by atoms with van der Waals surface area (Å²) in [5.74, 6) is -0.473. The Morgan fingerprint density at radius 2 is 1.79 bits per heavy atom. The molecule has 0 bridgehead atoms. The van der Waals surface area contributed by atoms with Crippen LogP contribution < -0.4 is 15.5 Å². The molecule has 1 aromatic heterocycles. The molecule has 2 amide bonds. The van der Waals surface area contributed by atoms with Crippen molar-refractivity contribution >= 4 is 34.9 Å². The van der Waals surface area contributed by atoms with Crippen LogP contribution in [-0.2, 0) is 4.79 Å². The summed E-state index contributed by atoms with van der Waals surface area (Å²) in [4.78, 5) is 25.5. The molecule has 2 aromatic carbocycles. The molecule has 7 heteroatoms. The summed E-state index contributed by atoms with van der Waals surface area (Å²) >= 11 is 1.34. The third-order valence-corrected chi connectivity index (χ3v) is 5.08. The predicted octanol–water partition coefficient (Wildman–Crippen LogP) is 4.19. The van der Waals surface area contributed by atoms with Crippen molar-refractivity contribution in [1.29, 1.82) is 0 Å². The first-order valence-corrected chi connectivity index (χ1v) is 9.20. The minimum Gasteiger partial charge on any atom is -0.495 e. The molecule has 0 aliphatic carbocycles. The molecule has 6 nitrogen and oxygen atoms in total. The van der Waals surface area contributed by atoms with E-state index in [9.17, 15) is 9.59 Å².